The van der Waals surface area contributed by atoms with Crippen LogP contribution < -0.4 is 10.6 Å². The van der Waals surface area contributed by atoms with E-state index >= 15 is 0 Å². The Balaban J connectivity index is 2.19. The Bertz CT molecular complexity index is 690. The Hall–Kier alpha value is -2.09. The minimum atomic E-state index is -0.841. The maximum atomic E-state index is 13.3. The van der Waals surface area contributed by atoms with Crippen molar-refractivity contribution in [3.63, 3.8) is 0 Å². The molecule has 0 unspecified atom stereocenters. The number of carbonyl (C=O) groups is 2. The Labute approximate surface area is 177 Å². The van der Waals surface area contributed by atoms with Crippen molar-refractivity contribution >= 4 is 23.6 Å². The number of hydrogen-bond donors (Lipinski definition) is 2. The van der Waals surface area contributed by atoms with Crippen LogP contribution >= 0.6 is 11.6 Å². The van der Waals surface area contributed by atoms with Crippen molar-refractivity contribution in [2.24, 2.45) is 0 Å². The number of benzene rings is 1. The molecule has 1 aromatic rings. The molecule has 2 atom stereocenters. The van der Waals surface area contributed by atoms with Gasteiger partial charge in [0.05, 0.1) is 12.1 Å². The Morgan fingerprint density at radius 3 is 2.72 bits per heavy atom. The molecule has 0 radical (unpaired) electrons. The first-order valence-electron chi connectivity index (χ1n) is 9.68. The lowest BCUT2D eigenvalue weighted by Gasteiger charge is -2.46. The van der Waals surface area contributed by atoms with Crippen LogP contribution in [-0.2, 0) is 20.7 Å². The minimum Gasteiger partial charge on any atom is -0.445 e. The molecule has 29 heavy (non-hydrogen) atoms. The van der Waals surface area contributed by atoms with Crippen LogP contribution in [0.1, 0.15) is 18.4 Å². The van der Waals surface area contributed by atoms with Gasteiger partial charge in [0.2, 0.25) is 5.91 Å². The molecule has 2 amide bonds. The quantitative estimate of drug-likeness (QED) is 0.596. The first-order valence-corrected chi connectivity index (χ1v) is 10.1. The molecule has 0 bridgehead atoms. The fraction of sp³-hybridized carbons (Fsp3) is 0.524. The van der Waals surface area contributed by atoms with E-state index in [1.165, 1.54) is 13.2 Å². The van der Waals surface area contributed by atoms with Gasteiger partial charge in [-0.1, -0.05) is 36.4 Å². The van der Waals surface area contributed by atoms with Crippen molar-refractivity contribution in [3.05, 3.63) is 47.5 Å². The van der Waals surface area contributed by atoms with Crippen LogP contribution in [0.3, 0.4) is 0 Å². The van der Waals surface area contributed by atoms with Gasteiger partial charge in [0.15, 0.2) is 0 Å². The van der Waals surface area contributed by atoms with E-state index in [1.807, 2.05) is 24.3 Å². The topological polar surface area (TPSA) is 79.9 Å². The van der Waals surface area contributed by atoms with Crippen LogP contribution in [-0.4, -0.2) is 68.9 Å². The second-order valence-corrected chi connectivity index (χ2v) is 7.68. The number of nitrogens with one attached hydrogen (secondary N) is 2. The van der Waals surface area contributed by atoms with E-state index in [0.717, 1.165) is 24.9 Å². The van der Waals surface area contributed by atoms with Gasteiger partial charge < -0.3 is 25.0 Å². The van der Waals surface area contributed by atoms with Gasteiger partial charge in [-0.25, -0.2) is 4.79 Å². The summed E-state index contributed by atoms with van der Waals surface area (Å²) < 4.78 is 10.1. The first-order chi connectivity index (χ1) is 13.9. The summed E-state index contributed by atoms with van der Waals surface area (Å²) in [5, 5.41) is 6.68. The molecular formula is C21H30ClN3O4. The fourth-order valence-electron chi connectivity index (χ4n) is 3.62. The lowest BCUT2D eigenvalue weighted by Crippen LogP contribution is -2.63. The van der Waals surface area contributed by atoms with E-state index in [9.17, 15) is 9.59 Å². The molecular weight excluding hydrogens is 394 g/mol. The molecule has 1 aliphatic heterocycles. The normalized spacial score (nSPS) is 19.8. The van der Waals surface area contributed by atoms with Crippen molar-refractivity contribution in [2.75, 3.05) is 40.5 Å². The minimum absolute atomic E-state index is 0.0524. The molecule has 1 saturated heterocycles. The van der Waals surface area contributed by atoms with E-state index in [-0.39, 0.29) is 19.1 Å². The average molecular weight is 424 g/mol. The lowest BCUT2D eigenvalue weighted by atomic mass is 9.82. The van der Waals surface area contributed by atoms with Crippen molar-refractivity contribution in [2.45, 2.75) is 30.8 Å². The van der Waals surface area contributed by atoms with E-state index < -0.39 is 17.7 Å². The molecule has 1 aromatic carbocycles. The number of halogens is 1. The van der Waals surface area contributed by atoms with Gasteiger partial charge in [-0.2, -0.15) is 0 Å². The van der Waals surface area contributed by atoms with Gasteiger partial charge in [0.25, 0.3) is 0 Å². The van der Waals surface area contributed by atoms with Crippen molar-refractivity contribution in [3.8, 4) is 0 Å². The molecule has 1 aliphatic rings. The van der Waals surface area contributed by atoms with E-state index in [2.05, 4.69) is 17.2 Å². The lowest BCUT2D eigenvalue weighted by molar-refractivity contribution is -0.140. The van der Waals surface area contributed by atoms with Crippen LogP contribution in [0.2, 0.25) is 5.02 Å². The number of alkyl carbamates (subject to hydrolysis) is 1. The molecule has 0 aromatic heterocycles. The van der Waals surface area contributed by atoms with Crippen LogP contribution in [0.15, 0.2) is 36.9 Å². The average Bonchev–Trinajstić information content (AvgIpc) is 2.73. The van der Waals surface area contributed by atoms with E-state index in [1.54, 1.807) is 11.9 Å². The van der Waals surface area contributed by atoms with Gasteiger partial charge in [-0.05, 0) is 43.5 Å². The number of ether oxygens (including phenoxy) is 2. The molecule has 7 nitrogen and oxygen atoms in total. The van der Waals surface area contributed by atoms with Crippen LogP contribution in [0.25, 0.3) is 0 Å². The van der Waals surface area contributed by atoms with Gasteiger partial charge in [0, 0.05) is 25.7 Å². The Morgan fingerprint density at radius 1 is 1.41 bits per heavy atom. The van der Waals surface area contributed by atoms with Crippen molar-refractivity contribution in [1.82, 2.24) is 15.5 Å². The molecule has 8 heteroatoms. The molecule has 0 spiro atoms. The van der Waals surface area contributed by atoms with Gasteiger partial charge in [-0.15, -0.1) is 0 Å². The summed E-state index contributed by atoms with van der Waals surface area (Å²) >= 11 is 6.01. The summed E-state index contributed by atoms with van der Waals surface area (Å²) in [6.07, 6.45) is 3.27. The number of rotatable bonds is 9. The maximum absolute atomic E-state index is 13.3. The van der Waals surface area contributed by atoms with Gasteiger partial charge in [-0.3, -0.25) is 4.79 Å². The second-order valence-electron chi connectivity index (χ2n) is 7.24. The zero-order valence-electron chi connectivity index (χ0n) is 17.1. The highest BCUT2D eigenvalue weighted by molar-refractivity contribution is 6.30. The smallest absolute Gasteiger partial charge is 0.408 e. The van der Waals surface area contributed by atoms with Crippen molar-refractivity contribution in [1.29, 1.82) is 0 Å². The van der Waals surface area contributed by atoms with Crippen LogP contribution in [0.4, 0.5) is 4.79 Å². The number of hydrogen-bond acceptors (Lipinski definition) is 5. The summed E-state index contributed by atoms with van der Waals surface area (Å²) in [4.78, 5) is 27.0. The zero-order chi connectivity index (χ0) is 21.3. The molecule has 1 heterocycles. The summed E-state index contributed by atoms with van der Waals surface area (Å²) in [6.45, 7) is 5.21. The highest BCUT2D eigenvalue weighted by Crippen LogP contribution is 2.28. The number of methoxy groups -OCH3 is 1. The number of nitrogens with zero attached hydrogens (tertiary/aromatic N) is 1. The second kappa shape index (κ2) is 11.2. The zero-order valence-corrected chi connectivity index (χ0v) is 17.8. The number of amides is 2. The number of piperidine rings is 1. The molecule has 1 fully saturated rings. The first kappa shape index (κ1) is 23.2. The predicted octanol–water partition coefficient (Wildman–Crippen LogP) is 2.39. The summed E-state index contributed by atoms with van der Waals surface area (Å²) in [5.41, 5.74) is 0.682. The highest BCUT2D eigenvalue weighted by atomic mass is 35.5. The number of likely N-dealkylation sites (N-methyl/N-ethyl adjacent to an activating group) is 1. The van der Waals surface area contributed by atoms with Gasteiger partial charge >= 0.3 is 6.09 Å². The molecule has 2 N–H and O–H groups in total. The summed E-state index contributed by atoms with van der Waals surface area (Å²) in [7, 11) is 3.27. The van der Waals surface area contributed by atoms with Gasteiger partial charge in [0.1, 0.15) is 12.6 Å². The maximum Gasteiger partial charge on any atom is 0.408 e. The monoisotopic (exact) mass is 423 g/mol. The van der Waals surface area contributed by atoms with Crippen LogP contribution in [0.5, 0.6) is 0 Å². The number of carbonyl (C=O) groups excluding carboxylic acids is 2. The molecule has 0 saturated carbocycles. The Kier molecular flexibility index (Phi) is 8.95. The summed E-state index contributed by atoms with van der Waals surface area (Å²) in [6, 6.07) is 6.83. The van der Waals surface area contributed by atoms with Crippen LogP contribution in [0, 0.1) is 0 Å². The molecule has 2 rings (SSSR count). The fourth-order valence-corrected chi connectivity index (χ4v) is 3.74. The van der Waals surface area contributed by atoms with Crippen molar-refractivity contribution < 1.29 is 19.1 Å². The highest BCUT2D eigenvalue weighted by Gasteiger charge is 2.41. The summed E-state index contributed by atoms with van der Waals surface area (Å²) in [5.74, 6) is -0.222. The SMILES string of the molecule is C=CCOC(=O)N[C@@H](COC)C(=O)N(C)[C@@]1(Cc2ccc(Cl)cc2)CCCNC1. The third-order valence-corrected chi connectivity index (χ3v) is 5.45. The largest absolute Gasteiger partial charge is 0.445 e. The third kappa shape index (κ3) is 6.45. The molecule has 160 valence electrons. The predicted molar refractivity (Wildman–Crippen MR) is 113 cm³/mol. The van der Waals surface area contributed by atoms with E-state index in [0.29, 0.717) is 18.0 Å². The molecule has 0 aliphatic carbocycles. The Morgan fingerprint density at radius 2 is 2.14 bits per heavy atom. The van der Waals surface area contributed by atoms with E-state index in [4.69, 9.17) is 21.1 Å². The third-order valence-electron chi connectivity index (χ3n) is 5.19. The standard InChI is InChI=1S/C21H30ClN3O4/c1-4-12-29-20(27)24-18(14-28-3)19(26)25(2)21(10-5-11-23-15-21)13-16-6-8-17(22)9-7-16/h4,6-9,18,23H,1,5,10-15H2,2-3H3,(H,24,27)/t18-,21+/m0/s1.